The summed E-state index contributed by atoms with van der Waals surface area (Å²) in [6, 6.07) is 7.57. The predicted molar refractivity (Wildman–Crippen MR) is 120 cm³/mol. The second-order valence-corrected chi connectivity index (χ2v) is 7.88. The Morgan fingerprint density at radius 1 is 0.704 bits per heavy atom. The second-order valence-electron chi connectivity index (χ2n) is 7.88. The molecule has 0 heterocycles. The van der Waals surface area contributed by atoms with Crippen LogP contribution in [0, 0.1) is 0 Å². The van der Waals surface area contributed by atoms with E-state index < -0.39 is 0 Å². The molecular weight excluding hydrogens is 328 g/mol. The van der Waals surface area contributed by atoms with Crippen molar-refractivity contribution in [3.05, 3.63) is 76.4 Å². The van der Waals surface area contributed by atoms with Crippen LogP contribution in [0.3, 0.4) is 0 Å². The van der Waals surface area contributed by atoms with Crippen molar-refractivity contribution in [2.24, 2.45) is 0 Å². The van der Waals surface area contributed by atoms with E-state index in [-0.39, 0.29) is 0 Å². The molecule has 0 aliphatic heterocycles. The first kappa shape index (κ1) is 23.0. The summed E-state index contributed by atoms with van der Waals surface area (Å²) in [4.78, 5) is 0. The summed E-state index contributed by atoms with van der Waals surface area (Å²) in [6.07, 6.45) is 16.9. The standard InChI is InChI=1S/C26H38O/c1-21(2)11-8-12-22(3)13-9-14-23(4)15-10-16-24(5)19-20-25-17-6-7-18-26(25)27/h6-7,11,13,15,17-19,27H,8-10,12,14,16,20H2,1-5H3. The fourth-order valence-corrected chi connectivity index (χ4v) is 2.95. The molecule has 1 heteroatoms. The molecule has 0 spiro atoms. The second kappa shape index (κ2) is 13.2. The number of phenolic OH excluding ortho intramolecular Hbond substituents is 1. The molecule has 0 bridgehead atoms. The Hall–Kier alpha value is -2.02. The van der Waals surface area contributed by atoms with Crippen LogP contribution in [0.25, 0.3) is 0 Å². The molecule has 27 heavy (non-hydrogen) atoms. The molecule has 1 aromatic carbocycles. The zero-order valence-electron chi connectivity index (χ0n) is 18.0. The van der Waals surface area contributed by atoms with E-state index >= 15 is 0 Å². The minimum absolute atomic E-state index is 0.390. The van der Waals surface area contributed by atoms with Crippen molar-refractivity contribution in [2.75, 3.05) is 0 Å². The molecule has 0 aliphatic carbocycles. The summed E-state index contributed by atoms with van der Waals surface area (Å²) in [5, 5.41) is 9.82. The molecule has 0 fully saturated rings. The molecule has 148 valence electrons. The van der Waals surface area contributed by atoms with E-state index in [4.69, 9.17) is 0 Å². The topological polar surface area (TPSA) is 20.2 Å². The maximum atomic E-state index is 9.82. The number of rotatable bonds is 11. The number of hydrogen-bond donors (Lipinski definition) is 1. The zero-order valence-corrected chi connectivity index (χ0v) is 18.0. The van der Waals surface area contributed by atoms with E-state index in [9.17, 15) is 5.11 Å². The fourth-order valence-electron chi connectivity index (χ4n) is 2.95. The monoisotopic (exact) mass is 366 g/mol. The van der Waals surface area contributed by atoms with Gasteiger partial charge in [-0.1, -0.05) is 64.8 Å². The van der Waals surface area contributed by atoms with Gasteiger partial charge in [0.15, 0.2) is 0 Å². The molecule has 0 amide bonds. The third-order valence-electron chi connectivity index (χ3n) is 4.82. The van der Waals surface area contributed by atoms with Gasteiger partial charge in [-0.05, 0) is 91.2 Å². The average Bonchev–Trinajstić information content (AvgIpc) is 2.60. The first-order valence-corrected chi connectivity index (χ1v) is 10.3. The summed E-state index contributed by atoms with van der Waals surface area (Å²) in [5.74, 6) is 0.390. The Bertz CT molecular complexity index is 682. The lowest BCUT2D eigenvalue weighted by atomic mass is 10.0. The molecular formula is C26H38O. The molecule has 1 nitrogen and oxygen atoms in total. The van der Waals surface area contributed by atoms with E-state index in [1.54, 1.807) is 6.07 Å². The van der Waals surface area contributed by atoms with Crippen LogP contribution in [0.2, 0.25) is 0 Å². The van der Waals surface area contributed by atoms with Crippen molar-refractivity contribution in [3.8, 4) is 5.75 Å². The smallest absolute Gasteiger partial charge is 0.119 e. The molecule has 0 aromatic heterocycles. The van der Waals surface area contributed by atoms with Crippen LogP contribution >= 0.6 is 0 Å². The van der Waals surface area contributed by atoms with E-state index in [1.807, 2.05) is 18.2 Å². The van der Waals surface area contributed by atoms with Crippen LogP contribution in [0.4, 0.5) is 0 Å². The van der Waals surface area contributed by atoms with Gasteiger partial charge in [0.25, 0.3) is 0 Å². The van der Waals surface area contributed by atoms with Crippen molar-refractivity contribution in [1.29, 1.82) is 0 Å². The number of phenols is 1. The first-order valence-electron chi connectivity index (χ1n) is 10.3. The van der Waals surface area contributed by atoms with Crippen molar-refractivity contribution < 1.29 is 5.11 Å². The van der Waals surface area contributed by atoms with Crippen molar-refractivity contribution in [1.82, 2.24) is 0 Å². The highest BCUT2D eigenvalue weighted by Gasteiger charge is 1.98. The number of hydrogen-bond acceptors (Lipinski definition) is 1. The summed E-state index contributed by atoms with van der Waals surface area (Å²) in [7, 11) is 0. The van der Waals surface area contributed by atoms with Gasteiger partial charge in [0, 0.05) is 0 Å². The van der Waals surface area contributed by atoms with Gasteiger partial charge in [0.1, 0.15) is 5.75 Å². The summed E-state index contributed by atoms with van der Waals surface area (Å²) in [6.45, 7) is 11.0. The quantitative estimate of drug-likeness (QED) is 0.392. The molecule has 0 radical (unpaired) electrons. The van der Waals surface area contributed by atoms with E-state index in [1.165, 1.54) is 28.7 Å². The highest BCUT2D eigenvalue weighted by molar-refractivity contribution is 5.33. The van der Waals surface area contributed by atoms with Crippen molar-refractivity contribution in [2.45, 2.75) is 79.6 Å². The molecule has 0 saturated heterocycles. The Morgan fingerprint density at radius 2 is 1.19 bits per heavy atom. The Morgan fingerprint density at radius 3 is 1.70 bits per heavy atom. The molecule has 0 atom stereocenters. The van der Waals surface area contributed by atoms with Gasteiger partial charge < -0.3 is 5.11 Å². The van der Waals surface area contributed by atoms with Crippen LogP contribution in [0.5, 0.6) is 5.75 Å². The Kier molecular flexibility index (Phi) is 11.2. The van der Waals surface area contributed by atoms with Gasteiger partial charge >= 0.3 is 0 Å². The van der Waals surface area contributed by atoms with Crippen molar-refractivity contribution >= 4 is 0 Å². The lowest BCUT2D eigenvalue weighted by molar-refractivity contribution is 0.469. The average molecular weight is 367 g/mol. The number of para-hydroxylation sites is 1. The van der Waals surface area contributed by atoms with Gasteiger partial charge in [0.05, 0.1) is 0 Å². The number of benzene rings is 1. The molecule has 0 saturated carbocycles. The lowest BCUT2D eigenvalue weighted by Crippen LogP contribution is -1.85. The Labute approximate surface area is 167 Å². The van der Waals surface area contributed by atoms with Crippen LogP contribution in [-0.2, 0) is 6.42 Å². The van der Waals surface area contributed by atoms with E-state index in [0.29, 0.717) is 5.75 Å². The molecule has 1 N–H and O–H groups in total. The van der Waals surface area contributed by atoms with Crippen molar-refractivity contribution in [3.63, 3.8) is 0 Å². The number of aromatic hydroxyl groups is 1. The molecule has 0 unspecified atom stereocenters. The summed E-state index contributed by atoms with van der Waals surface area (Å²) in [5.41, 5.74) is 6.78. The normalized spacial score (nSPS) is 13.0. The van der Waals surface area contributed by atoms with Gasteiger partial charge in [-0.15, -0.1) is 0 Å². The Balaban J connectivity index is 2.30. The molecule has 0 aliphatic rings. The maximum absolute atomic E-state index is 9.82. The minimum Gasteiger partial charge on any atom is -0.508 e. The van der Waals surface area contributed by atoms with Crippen LogP contribution < -0.4 is 0 Å². The highest BCUT2D eigenvalue weighted by atomic mass is 16.3. The SMILES string of the molecule is CC(C)=CCCC(C)=CCCC(C)=CCCC(C)=CCc1ccccc1O. The van der Waals surface area contributed by atoms with Crippen LogP contribution in [0.15, 0.2) is 70.9 Å². The van der Waals surface area contributed by atoms with Gasteiger partial charge in [-0.2, -0.15) is 0 Å². The van der Waals surface area contributed by atoms with Crippen LogP contribution in [0.1, 0.15) is 78.7 Å². The zero-order chi connectivity index (χ0) is 20.1. The fraction of sp³-hybridized carbons (Fsp3) is 0.462. The lowest BCUT2D eigenvalue weighted by Gasteiger charge is -2.04. The van der Waals surface area contributed by atoms with Gasteiger partial charge in [-0.3, -0.25) is 0 Å². The molecule has 1 rings (SSSR count). The van der Waals surface area contributed by atoms with Crippen LogP contribution in [-0.4, -0.2) is 5.11 Å². The predicted octanol–water partition coefficient (Wildman–Crippen LogP) is 8.08. The highest BCUT2D eigenvalue weighted by Crippen LogP contribution is 2.18. The van der Waals surface area contributed by atoms with E-state index in [0.717, 1.165) is 44.1 Å². The summed E-state index contributed by atoms with van der Waals surface area (Å²) < 4.78 is 0. The van der Waals surface area contributed by atoms with Gasteiger partial charge in [-0.25, -0.2) is 0 Å². The molecule has 1 aromatic rings. The number of allylic oxidation sites excluding steroid dienone is 8. The largest absolute Gasteiger partial charge is 0.508 e. The summed E-state index contributed by atoms with van der Waals surface area (Å²) >= 11 is 0. The first-order chi connectivity index (χ1) is 12.9. The maximum Gasteiger partial charge on any atom is 0.119 e. The van der Waals surface area contributed by atoms with Gasteiger partial charge in [0.2, 0.25) is 0 Å². The third kappa shape index (κ3) is 11.3. The van der Waals surface area contributed by atoms with E-state index in [2.05, 4.69) is 58.9 Å². The third-order valence-corrected chi connectivity index (χ3v) is 4.82. The minimum atomic E-state index is 0.390.